The molecule has 0 aliphatic rings. The summed E-state index contributed by atoms with van der Waals surface area (Å²) in [6.07, 6.45) is 4.02. The van der Waals surface area contributed by atoms with E-state index in [1.54, 1.807) is 0 Å². The van der Waals surface area contributed by atoms with Gasteiger partial charge in [-0.25, -0.2) is 0 Å². The van der Waals surface area contributed by atoms with Gasteiger partial charge in [0.1, 0.15) is 13.1 Å². The van der Waals surface area contributed by atoms with E-state index in [2.05, 4.69) is 53.7 Å². The summed E-state index contributed by atoms with van der Waals surface area (Å²) < 4.78 is 3.91. The number of aromatic nitrogens is 3. The second-order valence-corrected chi connectivity index (χ2v) is 4.55. The Morgan fingerprint density at radius 1 is 0.842 bits per heavy atom. The second kappa shape index (κ2) is 5.48. The van der Waals surface area contributed by atoms with E-state index in [4.69, 9.17) is 0 Å². The van der Waals surface area contributed by atoms with E-state index in [1.807, 2.05) is 33.9 Å². The maximum absolute atomic E-state index is 4.53. The summed E-state index contributed by atoms with van der Waals surface area (Å²) in [6, 6.07) is 20.7. The highest BCUT2D eigenvalue weighted by Gasteiger charge is 2.07. The molecular weight excluding hydrogens is 234 g/mol. The third kappa shape index (κ3) is 3.07. The molecule has 0 aliphatic carbocycles. The van der Waals surface area contributed by atoms with E-state index in [-0.39, 0.29) is 0 Å². The molecule has 1 aromatic heterocycles. The van der Waals surface area contributed by atoms with Gasteiger partial charge in [-0.1, -0.05) is 60.7 Å². The average molecular weight is 250 g/mol. The lowest BCUT2D eigenvalue weighted by atomic mass is 10.2. The lowest BCUT2D eigenvalue weighted by Crippen LogP contribution is -2.36. The lowest BCUT2D eigenvalue weighted by Gasteiger charge is -1.96. The summed E-state index contributed by atoms with van der Waals surface area (Å²) in [5, 5.41) is 4.53. The van der Waals surface area contributed by atoms with Crippen LogP contribution in [0.5, 0.6) is 0 Å². The van der Waals surface area contributed by atoms with Gasteiger partial charge in [0.15, 0.2) is 12.4 Å². The van der Waals surface area contributed by atoms with Gasteiger partial charge in [0.2, 0.25) is 0 Å². The van der Waals surface area contributed by atoms with Crippen LogP contribution in [0.1, 0.15) is 11.1 Å². The fourth-order valence-electron chi connectivity index (χ4n) is 2.07. The largest absolute Gasteiger partial charge is 0.155 e. The number of rotatable bonds is 4. The topological polar surface area (TPSA) is 21.7 Å². The van der Waals surface area contributed by atoms with Gasteiger partial charge in [-0.2, -0.15) is 0 Å². The summed E-state index contributed by atoms with van der Waals surface area (Å²) in [4.78, 5) is 0. The standard InChI is InChI=1S/C16H16N3/c1-3-7-15(8-4-1)13-18-11-12-19(17-18)14-16-9-5-2-6-10-16/h1-12H,13-14H2/q+1. The van der Waals surface area contributed by atoms with Gasteiger partial charge in [-0.05, 0) is 11.1 Å². The summed E-state index contributed by atoms with van der Waals surface area (Å²) in [5.41, 5.74) is 2.52. The smallest absolute Gasteiger partial charge is 0.133 e. The molecule has 0 N–H and O–H groups in total. The molecule has 0 fully saturated rings. The Bertz CT molecular complexity index is 573. The van der Waals surface area contributed by atoms with Gasteiger partial charge in [0.05, 0.1) is 5.21 Å². The Kier molecular flexibility index (Phi) is 3.36. The minimum Gasteiger partial charge on any atom is -0.133 e. The Balaban J connectivity index is 1.70. The number of hydrogen-bond donors (Lipinski definition) is 0. The third-order valence-electron chi connectivity index (χ3n) is 3.02. The number of hydrogen-bond acceptors (Lipinski definition) is 1. The molecule has 0 spiro atoms. The van der Waals surface area contributed by atoms with E-state index >= 15 is 0 Å². The molecule has 94 valence electrons. The molecule has 1 heterocycles. The molecule has 0 unspecified atom stereocenters. The third-order valence-corrected chi connectivity index (χ3v) is 3.02. The van der Waals surface area contributed by atoms with Crippen molar-refractivity contribution in [3.63, 3.8) is 0 Å². The highest BCUT2D eigenvalue weighted by Crippen LogP contribution is 2.00. The fraction of sp³-hybridized carbons (Fsp3) is 0.125. The predicted octanol–water partition coefficient (Wildman–Crippen LogP) is 2.27. The first-order valence-electron chi connectivity index (χ1n) is 6.41. The quantitative estimate of drug-likeness (QED) is 0.651. The summed E-state index contributed by atoms with van der Waals surface area (Å²) in [7, 11) is 0. The van der Waals surface area contributed by atoms with E-state index in [0.29, 0.717) is 0 Å². The van der Waals surface area contributed by atoms with Crippen LogP contribution < -0.4 is 4.68 Å². The first-order valence-corrected chi connectivity index (χ1v) is 6.41. The van der Waals surface area contributed by atoms with Gasteiger partial charge in [0.25, 0.3) is 0 Å². The summed E-state index contributed by atoms with van der Waals surface area (Å²) in [6.45, 7) is 1.62. The number of benzene rings is 2. The van der Waals surface area contributed by atoms with Crippen molar-refractivity contribution < 1.29 is 4.68 Å². The molecule has 3 rings (SSSR count). The van der Waals surface area contributed by atoms with Gasteiger partial charge >= 0.3 is 0 Å². The maximum Gasteiger partial charge on any atom is 0.155 e. The van der Waals surface area contributed by atoms with Crippen LogP contribution in [-0.2, 0) is 13.1 Å². The van der Waals surface area contributed by atoms with Crippen molar-refractivity contribution in [3.05, 3.63) is 84.2 Å². The molecule has 3 aromatic rings. The Hall–Kier alpha value is -2.42. The molecule has 3 heteroatoms. The van der Waals surface area contributed by atoms with Gasteiger partial charge in [-0.15, -0.1) is 9.36 Å². The monoisotopic (exact) mass is 250 g/mol. The van der Waals surface area contributed by atoms with Crippen LogP contribution in [0.15, 0.2) is 73.1 Å². The van der Waals surface area contributed by atoms with Crippen LogP contribution >= 0.6 is 0 Å². The molecule has 0 aliphatic heterocycles. The Labute approximate surface area is 112 Å². The predicted molar refractivity (Wildman–Crippen MR) is 73.5 cm³/mol. The normalized spacial score (nSPS) is 10.5. The molecule has 0 radical (unpaired) electrons. The van der Waals surface area contributed by atoms with E-state index in [1.165, 1.54) is 11.1 Å². The number of nitrogens with zero attached hydrogens (tertiary/aromatic N) is 3. The zero-order chi connectivity index (χ0) is 12.9. The Morgan fingerprint density at radius 2 is 1.47 bits per heavy atom. The Morgan fingerprint density at radius 3 is 2.16 bits per heavy atom. The van der Waals surface area contributed by atoms with E-state index < -0.39 is 0 Å². The molecule has 0 atom stereocenters. The first-order chi connectivity index (χ1) is 9.40. The van der Waals surface area contributed by atoms with Crippen LogP contribution in [0.25, 0.3) is 0 Å². The minimum absolute atomic E-state index is 0.808. The second-order valence-electron chi connectivity index (χ2n) is 4.55. The molecule has 0 saturated carbocycles. The molecule has 3 nitrogen and oxygen atoms in total. The van der Waals surface area contributed by atoms with Crippen molar-refractivity contribution in [2.24, 2.45) is 0 Å². The van der Waals surface area contributed by atoms with Crippen molar-refractivity contribution in [1.82, 2.24) is 9.90 Å². The maximum atomic E-state index is 4.53. The van der Waals surface area contributed by atoms with Crippen molar-refractivity contribution in [1.29, 1.82) is 0 Å². The van der Waals surface area contributed by atoms with Gasteiger partial charge < -0.3 is 0 Å². The zero-order valence-corrected chi connectivity index (χ0v) is 10.7. The molecule has 0 saturated heterocycles. The van der Waals surface area contributed by atoms with Crippen molar-refractivity contribution in [2.75, 3.05) is 0 Å². The highest BCUT2D eigenvalue weighted by atomic mass is 15.5. The molecular formula is C16H16N3+. The van der Waals surface area contributed by atoms with Gasteiger partial charge in [0, 0.05) is 0 Å². The van der Waals surface area contributed by atoms with Crippen LogP contribution in [-0.4, -0.2) is 9.90 Å². The minimum atomic E-state index is 0.808. The highest BCUT2D eigenvalue weighted by molar-refractivity contribution is 5.14. The van der Waals surface area contributed by atoms with Crippen LogP contribution in [0.3, 0.4) is 0 Å². The molecule has 0 amide bonds. The zero-order valence-electron chi connectivity index (χ0n) is 10.7. The SMILES string of the molecule is c1ccc(Cn2cc[n+](Cc3ccccc3)n2)cc1. The van der Waals surface area contributed by atoms with Crippen LogP contribution in [0.2, 0.25) is 0 Å². The average Bonchev–Trinajstić information content (AvgIpc) is 2.88. The molecule has 19 heavy (non-hydrogen) atoms. The van der Waals surface area contributed by atoms with Crippen molar-refractivity contribution in [2.45, 2.75) is 13.1 Å². The molecule has 2 aromatic carbocycles. The van der Waals surface area contributed by atoms with Crippen LogP contribution in [0, 0.1) is 0 Å². The van der Waals surface area contributed by atoms with E-state index in [9.17, 15) is 0 Å². The summed E-state index contributed by atoms with van der Waals surface area (Å²) in [5.74, 6) is 0. The fourth-order valence-corrected chi connectivity index (χ4v) is 2.07. The lowest BCUT2D eigenvalue weighted by molar-refractivity contribution is -0.747. The van der Waals surface area contributed by atoms with E-state index in [0.717, 1.165) is 13.1 Å². The first kappa shape index (κ1) is 11.7. The summed E-state index contributed by atoms with van der Waals surface area (Å²) >= 11 is 0. The van der Waals surface area contributed by atoms with Crippen LogP contribution in [0.4, 0.5) is 0 Å². The van der Waals surface area contributed by atoms with Crippen molar-refractivity contribution >= 4 is 0 Å². The van der Waals surface area contributed by atoms with Gasteiger partial charge in [-0.3, -0.25) is 0 Å². The molecule has 0 bridgehead atoms. The van der Waals surface area contributed by atoms with Crippen molar-refractivity contribution in [3.8, 4) is 0 Å².